The van der Waals surface area contributed by atoms with Crippen molar-refractivity contribution in [1.29, 1.82) is 0 Å². The Balaban J connectivity index is 1.74. The molecule has 0 radical (unpaired) electrons. The van der Waals surface area contributed by atoms with Crippen molar-refractivity contribution < 1.29 is 29.1 Å². The fourth-order valence-electron chi connectivity index (χ4n) is 5.97. The summed E-state index contributed by atoms with van der Waals surface area (Å²) in [6.07, 6.45) is 2.71. The third kappa shape index (κ3) is 3.40. The minimum atomic E-state index is -0.987. The molecule has 5 unspecified atom stereocenters. The molecule has 1 amide bonds. The van der Waals surface area contributed by atoms with E-state index in [0.29, 0.717) is 19.3 Å². The van der Waals surface area contributed by atoms with Gasteiger partial charge in [0.2, 0.25) is 5.91 Å². The first-order chi connectivity index (χ1) is 13.1. The van der Waals surface area contributed by atoms with Gasteiger partial charge in [-0.15, -0.1) is 0 Å². The number of nitrogens with one attached hydrogen (secondary N) is 1. The topological polar surface area (TPSA) is 118 Å². The van der Waals surface area contributed by atoms with Crippen LogP contribution in [0.2, 0.25) is 0 Å². The Morgan fingerprint density at radius 2 is 1.75 bits per heavy atom. The molecule has 0 aromatic rings. The van der Waals surface area contributed by atoms with Gasteiger partial charge >= 0.3 is 5.97 Å². The fourth-order valence-corrected chi connectivity index (χ4v) is 5.97. The summed E-state index contributed by atoms with van der Waals surface area (Å²) in [4.78, 5) is 61.0. The Morgan fingerprint density at radius 1 is 1.07 bits per heavy atom. The second-order valence-corrected chi connectivity index (χ2v) is 9.14. The number of carbonyl (C=O) groups is 5. The van der Waals surface area contributed by atoms with Gasteiger partial charge < -0.3 is 10.4 Å². The SMILES string of the molecule is CC12CC(=O)C3C(CCC(=O)C3(C)CCC(=O)NCCC(=O)O)C1CCC2=O. The van der Waals surface area contributed by atoms with Crippen molar-refractivity contribution in [2.45, 2.75) is 65.2 Å². The van der Waals surface area contributed by atoms with Crippen LogP contribution in [0.1, 0.15) is 65.2 Å². The maximum absolute atomic E-state index is 13.1. The van der Waals surface area contributed by atoms with E-state index in [1.165, 1.54) is 0 Å². The molecule has 2 N–H and O–H groups in total. The van der Waals surface area contributed by atoms with Crippen molar-refractivity contribution >= 4 is 29.2 Å². The molecule has 154 valence electrons. The van der Waals surface area contributed by atoms with Crippen LogP contribution in [-0.2, 0) is 24.0 Å². The third-order valence-corrected chi connectivity index (χ3v) is 7.53. The molecule has 7 heteroatoms. The standard InChI is InChI=1S/C21H29NO6/c1-20(9-7-17(26)22-10-8-18(27)28)15(24)5-3-12-13-4-6-16(25)21(13,2)11-14(23)19(12)20/h12-13,19H,3-11H2,1-2H3,(H,22,26)(H,27,28). The molecule has 0 aromatic carbocycles. The lowest BCUT2D eigenvalue weighted by atomic mass is 9.48. The summed E-state index contributed by atoms with van der Waals surface area (Å²) in [5.74, 6) is -1.38. The van der Waals surface area contributed by atoms with E-state index in [0.717, 1.165) is 6.42 Å². The molecular weight excluding hydrogens is 362 g/mol. The molecule has 0 saturated heterocycles. The van der Waals surface area contributed by atoms with Crippen LogP contribution < -0.4 is 5.32 Å². The maximum atomic E-state index is 13.1. The molecular formula is C21H29NO6. The molecule has 3 fully saturated rings. The highest BCUT2D eigenvalue weighted by Crippen LogP contribution is 2.60. The van der Waals surface area contributed by atoms with Gasteiger partial charge in [-0.3, -0.25) is 24.0 Å². The van der Waals surface area contributed by atoms with Crippen LogP contribution in [0.15, 0.2) is 0 Å². The van der Waals surface area contributed by atoms with Crippen LogP contribution in [0, 0.1) is 28.6 Å². The van der Waals surface area contributed by atoms with E-state index in [1.807, 2.05) is 6.92 Å². The van der Waals surface area contributed by atoms with Gasteiger partial charge in [0.1, 0.15) is 17.3 Å². The Hall–Kier alpha value is -2.05. The zero-order valence-corrected chi connectivity index (χ0v) is 16.6. The van der Waals surface area contributed by atoms with E-state index in [2.05, 4.69) is 5.32 Å². The summed E-state index contributed by atoms with van der Waals surface area (Å²) in [7, 11) is 0. The van der Waals surface area contributed by atoms with E-state index in [-0.39, 0.29) is 67.3 Å². The largest absolute Gasteiger partial charge is 0.481 e. The highest BCUT2D eigenvalue weighted by Gasteiger charge is 2.62. The van der Waals surface area contributed by atoms with Crippen molar-refractivity contribution in [2.24, 2.45) is 28.6 Å². The minimum absolute atomic E-state index is 0.0131. The number of amides is 1. The van der Waals surface area contributed by atoms with Gasteiger partial charge in [-0.2, -0.15) is 0 Å². The van der Waals surface area contributed by atoms with Gasteiger partial charge in [0.05, 0.1) is 6.42 Å². The lowest BCUT2D eigenvalue weighted by Gasteiger charge is -2.52. The molecule has 28 heavy (non-hydrogen) atoms. The molecule has 3 saturated carbocycles. The van der Waals surface area contributed by atoms with E-state index in [9.17, 15) is 24.0 Å². The number of fused-ring (bicyclic) bond motifs is 3. The van der Waals surface area contributed by atoms with Gasteiger partial charge in [-0.1, -0.05) is 13.8 Å². The number of aliphatic carboxylic acids is 1. The minimum Gasteiger partial charge on any atom is -0.481 e. The number of carboxylic acids is 1. The van der Waals surface area contributed by atoms with Crippen molar-refractivity contribution in [3.8, 4) is 0 Å². The predicted molar refractivity (Wildman–Crippen MR) is 99.3 cm³/mol. The second-order valence-electron chi connectivity index (χ2n) is 9.14. The van der Waals surface area contributed by atoms with Gasteiger partial charge in [0.25, 0.3) is 0 Å². The first-order valence-electron chi connectivity index (χ1n) is 10.2. The Kier molecular flexibility index (Phi) is 5.47. The number of hydrogen-bond acceptors (Lipinski definition) is 5. The van der Waals surface area contributed by atoms with Gasteiger partial charge in [0.15, 0.2) is 0 Å². The van der Waals surface area contributed by atoms with E-state index in [4.69, 9.17) is 5.11 Å². The highest BCUT2D eigenvalue weighted by atomic mass is 16.4. The lowest BCUT2D eigenvalue weighted by molar-refractivity contribution is -0.160. The van der Waals surface area contributed by atoms with Crippen molar-refractivity contribution in [3.05, 3.63) is 0 Å². The monoisotopic (exact) mass is 391 g/mol. The summed E-state index contributed by atoms with van der Waals surface area (Å²) >= 11 is 0. The number of carboxylic acid groups (broad SMARTS) is 1. The van der Waals surface area contributed by atoms with E-state index in [1.54, 1.807) is 6.92 Å². The summed E-state index contributed by atoms with van der Waals surface area (Å²) in [6, 6.07) is 0. The summed E-state index contributed by atoms with van der Waals surface area (Å²) in [6.45, 7) is 3.76. The van der Waals surface area contributed by atoms with Crippen LogP contribution in [0.5, 0.6) is 0 Å². The zero-order valence-electron chi connectivity index (χ0n) is 16.6. The lowest BCUT2D eigenvalue weighted by Crippen LogP contribution is -2.56. The first-order valence-corrected chi connectivity index (χ1v) is 10.2. The number of Topliss-reactive ketones (excluding diaryl/α,β-unsaturated/α-hetero) is 3. The van der Waals surface area contributed by atoms with Crippen LogP contribution >= 0.6 is 0 Å². The average Bonchev–Trinajstić information content (AvgIpc) is 2.90. The maximum Gasteiger partial charge on any atom is 0.305 e. The molecule has 0 aromatic heterocycles. The Labute approximate surface area is 164 Å². The van der Waals surface area contributed by atoms with Gasteiger partial charge in [0, 0.05) is 49.0 Å². The number of hydrogen-bond donors (Lipinski definition) is 2. The summed E-state index contributed by atoms with van der Waals surface area (Å²) in [5.41, 5.74) is -1.48. The molecule has 3 aliphatic rings. The highest BCUT2D eigenvalue weighted by molar-refractivity contribution is 5.99. The van der Waals surface area contributed by atoms with Crippen LogP contribution in [-0.4, -0.2) is 40.9 Å². The molecule has 7 nitrogen and oxygen atoms in total. The molecule has 0 heterocycles. The van der Waals surface area contributed by atoms with Crippen LogP contribution in [0.25, 0.3) is 0 Å². The third-order valence-electron chi connectivity index (χ3n) is 7.53. The number of ketones is 3. The predicted octanol–water partition coefficient (Wildman–Crippen LogP) is 1.92. The normalized spacial score (nSPS) is 37.4. The first kappa shape index (κ1) is 20.7. The van der Waals surface area contributed by atoms with E-state index < -0.39 is 22.7 Å². The fraction of sp³-hybridized carbons (Fsp3) is 0.762. The van der Waals surface area contributed by atoms with E-state index >= 15 is 0 Å². The van der Waals surface area contributed by atoms with Crippen molar-refractivity contribution in [1.82, 2.24) is 5.32 Å². The number of carbonyl (C=O) groups excluding carboxylic acids is 4. The summed E-state index contributed by atoms with van der Waals surface area (Å²) in [5, 5.41) is 11.2. The zero-order chi connectivity index (χ0) is 20.7. The quantitative estimate of drug-likeness (QED) is 0.714. The summed E-state index contributed by atoms with van der Waals surface area (Å²) < 4.78 is 0. The molecule has 3 aliphatic carbocycles. The Morgan fingerprint density at radius 3 is 2.43 bits per heavy atom. The van der Waals surface area contributed by atoms with Crippen molar-refractivity contribution in [3.63, 3.8) is 0 Å². The average molecular weight is 391 g/mol. The molecule has 0 spiro atoms. The van der Waals surface area contributed by atoms with Crippen molar-refractivity contribution in [2.75, 3.05) is 6.54 Å². The molecule has 5 atom stereocenters. The smallest absolute Gasteiger partial charge is 0.305 e. The molecule has 3 rings (SSSR count). The van der Waals surface area contributed by atoms with Crippen LogP contribution in [0.4, 0.5) is 0 Å². The Bertz CT molecular complexity index is 730. The van der Waals surface area contributed by atoms with Crippen LogP contribution in [0.3, 0.4) is 0 Å². The number of rotatable bonds is 6. The molecule has 0 aliphatic heterocycles. The van der Waals surface area contributed by atoms with Gasteiger partial charge in [-0.05, 0) is 31.1 Å². The van der Waals surface area contributed by atoms with Gasteiger partial charge in [-0.25, -0.2) is 0 Å². The molecule has 0 bridgehead atoms. The second kappa shape index (κ2) is 7.41.